The van der Waals surface area contributed by atoms with Gasteiger partial charge in [-0.15, -0.1) is 0 Å². The molecule has 6 nitrogen and oxygen atoms in total. The second-order valence-electron chi connectivity index (χ2n) is 4.01. The average molecular weight is 255 g/mol. The van der Waals surface area contributed by atoms with E-state index in [0.717, 1.165) is 10.8 Å². The van der Waals surface area contributed by atoms with Crippen LogP contribution in [0, 0.1) is 0 Å². The highest BCUT2D eigenvalue weighted by atomic mass is 16.4. The molecule has 0 fully saturated rings. The number of benzene rings is 1. The van der Waals surface area contributed by atoms with Gasteiger partial charge in [0, 0.05) is 17.8 Å². The van der Waals surface area contributed by atoms with Crippen LogP contribution in [-0.2, 0) is 0 Å². The number of carboxylic acids is 1. The molecule has 0 atom stereocenters. The molecule has 2 heterocycles. The van der Waals surface area contributed by atoms with E-state index in [2.05, 4.69) is 9.97 Å². The SMILES string of the molecule is O=C(O)c1cn(-c2nccc3ccc(O)cc23)cn1. The van der Waals surface area contributed by atoms with Crippen molar-refractivity contribution in [2.75, 3.05) is 0 Å². The lowest BCUT2D eigenvalue weighted by Crippen LogP contribution is -1.97. The van der Waals surface area contributed by atoms with Gasteiger partial charge >= 0.3 is 5.97 Å². The maximum atomic E-state index is 10.8. The third kappa shape index (κ3) is 1.89. The van der Waals surface area contributed by atoms with Crippen molar-refractivity contribution in [3.05, 3.63) is 48.7 Å². The number of aromatic carboxylic acids is 1. The van der Waals surface area contributed by atoms with Crippen molar-refractivity contribution in [3.8, 4) is 11.6 Å². The number of carboxylic acid groups (broad SMARTS) is 1. The Labute approximate surface area is 107 Å². The van der Waals surface area contributed by atoms with E-state index in [-0.39, 0.29) is 11.4 Å². The second-order valence-corrected chi connectivity index (χ2v) is 4.01. The summed E-state index contributed by atoms with van der Waals surface area (Å²) in [6, 6.07) is 6.75. The van der Waals surface area contributed by atoms with Crippen LogP contribution in [0.1, 0.15) is 10.5 Å². The number of fused-ring (bicyclic) bond motifs is 1. The average Bonchev–Trinajstić information content (AvgIpc) is 2.87. The summed E-state index contributed by atoms with van der Waals surface area (Å²) in [5.41, 5.74) is -0.0565. The number of phenolic OH excluding ortho intramolecular Hbond substituents is 1. The summed E-state index contributed by atoms with van der Waals surface area (Å²) in [6.07, 6.45) is 4.39. The topological polar surface area (TPSA) is 88.2 Å². The van der Waals surface area contributed by atoms with Crippen LogP contribution < -0.4 is 0 Å². The van der Waals surface area contributed by atoms with Crippen LogP contribution in [0.15, 0.2) is 43.0 Å². The van der Waals surface area contributed by atoms with Gasteiger partial charge in [-0.05, 0) is 23.6 Å². The van der Waals surface area contributed by atoms with Gasteiger partial charge in [0.25, 0.3) is 0 Å². The minimum Gasteiger partial charge on any atom is -0.508 e. The molecule has 0 spiro atoms. The highest BCUT2D eigenvalue weighted by molar-refractivity contribution is 5.90. The summed E-state index contributed by atoms with van der Waals surface area (Å²) in [4.78, 5) is 18.8. The molecule has 0 amide bonds. The van der Waals surface area contributed by atoms with Gasteiger partial charge in [-0.3, -0.25) is 4.57 Å². The predicted molar refractivity (Wildman–Crippen MR) is 67.5 cm³/mol. The largest absolute Gasteiger partial charge is 0.508 e. The van der Waals surface area contributed by atoms with Gasteiger partial charge in [0.15, 0.2) is 5.69 Å². The zero-order chi connectivity index (χ0) is 13.4. The number of hydrogen-bond donors (Lipinski definition) is 2. The first-order valence-corrected chi connectivity index (χ1v) is 5.50. The summed E-state index contributed by atoms with van der Waals surface area (Å²) in [7, 11) is 0. The van der Waals surface area contributed by atoms with E-state index in [9.17, 15) is 9.90 Å². The molecule has 0 aliphatic carbocycles. The van der Waals surface area contributed by atoms with E-state index < -0.39 is 5.97 Å². The zero-order valence-corrected chi connectivity index (χ0v) is 9.69. The van der Waals surface area contributed by atoms with Gasteiger partial charge in [0.2, 0.25) is 0 Å². The number of nitrogens with zero attached hydrogens (tertiary/aromatic N) is 3. The third-order valence-electron chi connectivity index (χ3n) is 2.77. The Bertz CT molecular complexity index is 780. The van der Waals surface area contributed by atoms with Crippen molar-refractivity contribution in [3.63, 3.8) is 0 Å². The van der Waals surface area contributed by atoms with Crippen molar-refractivity contribution in [2.24, 2.45) is 0 Å². The number of rotatable bonds is 2. The summed E-state index contributed by atoms with van der Waals surface area (Å²) in [5, 5.41) is 20.0. The second kappa shape index (κ2) is 4.09. The van der Waals surface area contributed by atoms with E-state index in [1.54, 1.807) is 24.4 Å². The molecule has 94 valence electrons. The van der Waals surface area contributed by atoms with E-state index in [1.165, 1.54) is 17.1 Å². The molecule has 3 rings (SSSR count). The van der Waals surface area contributed by atoms with Crippen LogP contribution in [0.5, 0.6) is 5.75 Å². The highest BCUT2D eigenvalue weighted by Gasteiger charge is 2.10. The van der Waals surface area contributed by atoms with Gasteiger partial charge in [0.1, 0.15) is 17.9 Å². The zero-order valence-electron chi connectivity index (χ0n) is 9.69. The van der Waals surface area contributed by atoms with Crippen molar-refractivity contribution in [1.29, 1.82) is 0 Å². The lowest BCUT2D eigenvalue weighted by molar-refractivity contribution is 0.0691. The first-order valence-electron chi connectivity index (χ1n) is 5.50. The first-order chi connectivity index (χ1) is 9.15. The van der Waals surface area contributed by atoms with Crippen molar-refractivity contribution in [1.82, 2.24) is 14.5 Å². The molecule has 1 aromatic carbocycles. The Morgan fingerprint density at radius 2 is 2.05 bits per heavy atom. The molecule has 0 aliphatic rings. The molecule has 0 unspecified atom stereocenters. The summed E-state index contributed by atoms with van der Waals surface area (Å²) >= 11 is 0. The number of phenols is 1. The number of aromatic hydroxyl groups is 1. The fraction of sp³-hybridized carbons (Fsp3) is 0. The fourth-order valence-corrected chi connectivity index (χ4v) is 1.90. The van der Waals surface area contributed by atoms with Crippen LogP contribution >= 0.6 is 0 Å². The predicted octanol–water partition coefficient (Wildman–Crippen LogP) is 1.82. The lowest BCUT2D eigenvalue weighted by atomic mass is 10.1. The van der Waals surface area contributed by atoms with Crippen molar-refractivity contribution in [2.45, 2.75) is 0 Å². The molecule has 2 aromatic heterocycles. The quantitative estimate of drug-likeness (QED) is 0.729. The Hall–Kier alpha value is -2.89. The van der Waals surface area contributed by atoms with E-state index in [4.69, 9.17) is 5.11 Å². The molecule has 2 N–H and O–H groups in total. The van der Waals surface area contributed by atoms with Gasteiger partial charge in [0.05, 0.1) is 0 Å². The van der Waals surface area contributed by atoms with Gasteiger partial charge in [-0.2, -0.15) is 0 Å². The highest BCUT2D eigenvalue weighted by Crippen LogP contribution is 2.24. The third-order valence-corrected chi connectivity index (χ3v) is 2.77. The molecule has 6 heteroatoms. The van der Waals surface area contributed by atoms with Crippen molar-refractivity contribution >= 4 is 16.7 Å². The Kier molecular flexibility index (Phi) is 2.42. The maximum absolute atomic E-state index is 10.8. The van der Waals surface area contributed by atoms with Crippen molar-refractivity contribution < 1.29 is 15.0 Å². The monoisotopic (exact) mass is 255 g/mol. The summed E-state index contributed by atoms with van der Waals surface area (Å²) < 4.78 is 1.52. The standard InChI is InChI=1S/C13H9N3O3/c17-9-2-1-8-3-4-14-12(10(8)5-9)16-6-11(13(18)19)15-7-16/h1-7,17H,(H,18,19). The molecule has 0 radical (unpaired) electrons. The normalized spacial score (nSPS) is 10.7. The molecule has 0 bridgehead atoms. The number of carbonyl (C=O) groups is 1. The fourth-order valence-electron chi connectivity index (χ4n) is 1.90. The Morgan fingerprint density at radius 1 is 1.21 bits per heavy atom. The minimum atomic E-state index is -1.10. The van der Waals surface area contributed by atoms with Crippen LogP contribution in [-0.4, -0.2) is 30.7 Å². The smallest absolute Gasteiger partial charge is 0.356 e. The van der Waals surface area contributed by atoms with Crippen LogP contribution in [0.2, 0.25) is 0 Å². The molecular weight excluding hydrogens is 246 g/mol. The molecular formula is C13H9N3O3. The Balaban J connectivity index is 2.23. The van der Waals surface area contributed by atoms with E-state index in [0.29, 0.717) is 5.82 Å². The molecule has 19 heavy (non-hydrogen) atoms. The summed E-state index contributed by atoms with van der Waals surface area (Å²) in [5.74, 6) is -0.449. The van der Waals surface area contributed by atoms with E-state index in [1.807, 2.05) is 6.07 Å². The van der Waals surface area contributed by atoms with E-state index >= 15 is 0 Å². The number of hydrogen-bond acceptors (Lipinski definition) is 4. The van der Waals surface area contributed by atoms with Gasteiger partial charge < -0.3 is 10.2 Å². The molecule has 3 aromatic rings. The minimum absolute atomic E-state index is 0.0565. The van der Waals surface area contributed by atoms with Gasteiger partial charge in [-0.25, -0.2) is 14.8 Å². The first kappa shape index (κ1) is 11.2. The molecule has 0 saturated heterocycles. The number of pyridine rings is 1. The van der Waals surface area contributed by atoms with Gasteiger partial charge in [-0.1, -0.05) is 6.07 Å². The molecule has 0 aliphatic heterocycles. The number of imidazole rings is 1. The van der Waals surface area contributed by atoms with Crippen LogP contribution in [0.3, 0.4) is 0 Å². The van der Waals surface area contributed by atoms with Crippen LogP contribution in [0.25, 0.3) is 16.6 Å². The lowest BCUT2D eigenvalue weighted by Gasteiger charge is -2.06. The Morgan fingerprint density at radius 3 is 2.79 bits per heavy atom. The summed E-state index contributed by atoms with van der Waals surface area (Å²) in [6.45, 7) is 0. The number of aromatic nitrogens is 3. The maximum Gasteiger partial charge on any atom is 0.356 e. The van der Waals surface area contributed by atoms with Crippen LogP contribution in [0.4, 0.5) is 0 Å². The molecule has 0 saturated carbocycles.